The van der Waals surface area contributed by atoms with Crippen LogP contribution in [0.3, 0.4) is 0 Å². The van der Waals surface area contributed by atoms with Crippen molar-refractivity contribution in [2.24, 2.45) is 0 Å². The Labute approximate surface area is 131 Å². The van der Waals surface area contributed by atoms with Crippen LogP contribution in [-0.2, 0) is 6.18 Å². The molecule has 2 nitrogen and oxygen atoms in total. The van der Waals surface area contributed by atoms with Gasteiger partial charge in [-0.1, -0.05) is 17.7 Å². The first-order valence-electron chi connectivity index (χ1n) is 7.07. The van der Waals surface area contributed by atoms with E-state index < -0.39 is 11.9 Å². The number of pyridine rings is 1. The molecule has 6 heteroatoms. The van der Waals surface area contributed by atoms with Gasteiger partial charge >= 0.3 is 6.18 Å². The molecule has 2 aromatic rings. The lowest BCUT2D eigenvalue weighted by molar-refractivity contribution is -0.140. The standard InChI is InChI=1S/C16H14ClF3N2/c17-10-6-7-13-12(8-10)14(9-15(22-13)16(18,19)20)21-11-4-2-1-3-5-11/h4,6-9H,1-3,5H2,(H,21,22). The van der Waals surface area contributed by atoms with E-state index in [1.165, 1.54) is 6.07 Å². The van der Waals surface area contributed by atoms with Gasteiger partial charge in [0, 0.05) is 21.8 Å². The van der Waals surface area contributed by atoms with Gasteiger partial charge in [-0.25, -0.2) is 4.98 Å². The topological polar surface area (TPSA) is 24.9 Å². The molecule has 1 aliphatic rings. The summed E-state index contributed by atoms with van der Waals surface area (Å²) in [4.78, 5) is 3.70. The molecule has 0 unspecified atom stereocenters. The summed E-state index contributed by atoms with van der Waals surface area (Å²) in [7, 11) is 0. The Bertz CT molecular complexity index is 738. The molecule has 1 N–H and O–H groups in total. The van der Waals surface area contributed by atoms with E-state index >= 15 is 0 Å². The fraction of sp³-hybridized carbons (Fsp3) is 0.312. The van der Waals surface area contributed by atoms with Crippen LogP contribution in [0.25, 0.3) is 10.9 Å². The third kappa shape index (κ3) is 3.19. The van der Waals surface area contributed by atoms with E-state index in [9.17, 15) is 13.2 Å². The number of halogens is 4. The van der Waals surface area contributed by atoms with Gasteiger partial charge in [0.15, 0.2) is 0 Å². The zero-order valence-electron chi connectivity index (χ0n) is 11.7. The third-order valence-electron chi connectivity index (χ3n) is 3.65. The second-order valence-electron chi connectivity index (χ2n) is 5.31. The summed E-state index contributed by atoms with van der Waals surface area (Å²) in [6.07, 6.45) is 1.49. The summed E-state index contributed by atoms with van der Waals surface area (Å²) >= 11 is 5.97. The Hall–Kier alpha value is -1.75. The van der Waals surface area contributed by atoms with Crippen molar-refractivity contribution in [2.75, 3.05) is 5.32 Å². The van der Waals surface area contributed by atoms with Gasteiger partial charge in [0.1, 0.15) is 5.69 Å². The number of benzene rings is 1. The molecule has 0 bridgehead atoms. The van der Waals surface area contributed by atoms with E-state index in [-0.39, 0.29) is 5.52 Å². The van der Waals surface area contributed by atoms with Crippen LogP contribution in [0.5, 0.6) is 0 Å². The summed E-state index contributed by atoms with van der Waals surface area (Å²) < 4.78 is 39.1. The molecule has 116 valence electrons. The third-order valence-corrected chi connectivity index (χ3v) is 3.88. The number of fused-ring (bicyclic) bond motifs is 1. The summed E-state index contributed by atoms with van der Waals surface area (Å²) in [5, 5.41) is 4.18. The zero-order chi connectivity index (χ0) is 15.7. The molecular formula is C16H14ClF3N2. The molecule has 22 heavy (non-hydrogen) atoms. The van der Waals surface area contributed by atoms with Crippen LogP contribution < -0.4 is 5.32 Å². The Kier molecular flexibility index (Phi) is 4.00. The maximum absolute atomic E-state index is 13.0. The number of allylic oxidation sites excluding steroid dienone is 2. The molecule has 3 rings (SSSR count). The molecule has 0 radical (unpaired) electrons. The molecule has 0 saturated carbocycles. The zero-order valence-corrected chi connectivity index (χ0v) is 12.4. The highest BCUT2D eigenvalue weighted by Gasteiger charge is 2.33. The monoisotopic (exact) mass is 326 g/mol. The number of hydrogen-bond acceptors (Lipinski definition) is 2. The lowest BCUT2D eigenvalue weighted by Crippen LogP contribution is -2.10. The molecule has 1 aromatic carbocycles. The second kappa shape index (κ2) is 5.80. The van der Waals surface area contributed by atoms with Crippen molar-refractivity contribution < 1.29 is 13.2 Å². The van der Waals surface area contributed by atoms with E-state index in [0.29, 0.717) is 16.1 Å². The van der Waals surface area contributed by atoms with Gasteiger partial charge in [0.25, 0.3) is 0 Å². The predicted molar refractivity (Wildman–Crippen MR) is 81.9 cm³/mol. The summed E-state index contributed by atoms with van der Waals surface area (Å²) in [5.74, 6) is 0. The van der Waals surface area contributed by atoms with E-state index in [1.54, 1.807) is 12.1 Å². The minimum atomic E-state index is -4.48. The first kappa shape index (κ1) is 15.2. The first-order valence-corrected chi connectivity index (χ1v) is 7.45. The van der Waals surface area contributed by atoms with Crippen LogP contribution in [0.4, 0.5) is 18.9 Å². The second-order valence-corrected chi connectivity index (χ2v) is 5.75. The van der Waals surface area contributed by atoms with Crippen molar-refractivity contribution in [3.05, 3.63) is 46.8 Å². The molecule has 1 aliphatic carbocycles. The van der Waals surface area contributed by atoms with Crippen LogP contribution in [-0.4, -0.2) is 4.98 Å². The van der Waals surface area contributed by atoms with Gasteiger partial charge in [-0.3, -0.25) is 0 Å². The van der Waals surface area contributed by atoms with Crippen LogP contribution in [0.2, 0.25) is 5.02 Å². The van der Waals surface area contributed by atoms with Gasteiger partial charge < -0.3 is 5.32 Å². The SMILES string of the molecule is FC(F)(F)c1cc(NC2=CCCCC2)c2cc(Cl)ccc2n1. The highest BCUT2D eigenvalue weighted by Crippen LogP contribution is 2.35. The molecule has 0 spiro atoms. The quantitative estimate of drug-likeness (QED) is 0.757. The maximum atomic E-state index is 13.0. The van der Waals surface area contributed by atoms with Crippen LogP contribution in [0.1, 0.15) is 31.4 Å². The Morgan fingerprint density at radius 2 is 1.95 bits per heavy atom. The van der Waals surface area contributed by atoms with Crippen molar-refractivity contribution in [3.63, 3.8) is 0 Å². The molecule has 1 heterocycles. The van der Waals surface area contributed by atoms with Crippen molar-refractivity contribution in [2.45, 2.75) is 31.9 Å². The number of aromatic nitrogens is 1. The summed E-state index contributed by atoms with van der Waals surface area (Å²) in [6, 6.07) is 5.73. The number of hydrogen-bond donors (Lipinski definition) is 1. The number of nitrogens with zero attached hydrogens (tertiary/aromatic N) is 1. The Morgan fingerprint density at radius 1 is 1.14 bits per heavy atom. The largest absolute Gasteiger partial charge is 0.433 e. The highest BCUT2D eigenvalue weighted by atomic mass is 35.5. The van der Waals surface area contributed by atoms with Gasteiger partial charge in [0.2, 0.25) is 0 Å². The van der Waals surface area contributed by atoms with E-state index in [4.69, 9.17) is 11.6 Å². The molecular weight excluding hydrogens is 313 g/mol. The molecule has 1 aromatic heterocycles. The van der Waals surface area contributed by atoms with Crippen molar-refractivity contribution in [3.8, 4) is 0 Å². The van der Waals surface area contributed by atoms with Crippen LogP contribution in [0.15, 0.2) is 36.0 Å². The fourth-order valence-electron chi connectivity index (χ4n) is 2.57. The predicted octanol–water partition coefficient (Wildman–Crippen LogP) is 5.78. The Balaban J connectivity index is 2.12. The summed E-state index contributed by atoms with van der Waals surface area (Å²) in [6.45, 7) is 0. The van der Waals surface area contributed by atoms with Gasteiger partial charge in [-0.15, -0.1) is 0 Å². The molecule has 0 amide bonds. The first-order chi connectivity index (χ1) is 10.4. The maximum Gasteiger partial charge on any atom is 0.433 e. The lowest BCUT2D eigenvalue weighted by Gasteiger charge is -2.18. The Morgan fingerprint density at radius 3 is 2.64 bits per heavy atom. The highest BCUT2D eigenvalue weighted by molar-refractivity contribution is 6.31. The van der Waals surface area contributed by atoms with Crippen molar-refractivity contribution in [1.82, 2.24) is 4.98 Å². The van der Waals surface area contributed by atoms with Crippen LogP contribution >= 0.6 is 11.6 Å². The normalized spacial score (nSPS) is 15.7. The van der Waals surface area contributed by atoms with E-state index in [1.807, 2.05) is 6.08 Å². The molecule has 0 atom stereocenters. The minimum absolute atomic E-state index is 0.276. The van der Waals surface area contributed by atoms with Crippen LogP contribution in [0, 0.1) is 0 Å². The smallest absolute Gasteiger partial charge is 0.359 e. The van der Waals surface area contributed by atoms with Gasteiger partial charge in [-0.2, -0.15) is 13.2 Å². The minimum Gasteiger partial charge on any atom is -0.359 e. The van der Waals surface area contributed by atoms with E-state index in [2.05, 4.69) is 10.3 Å². The molecule has 0 fully saturated rings. The van der Waals surface area contributed by atoms with Crippen molar-refractivity contribution >= 4 is 28.2 Å². The number of nitrogens with one attached hydrogen (secondary N) is 1. The number of alkyl halides is 3. The average molecular weight is 327 g/mol. The van der Waals surface area contributed by atoms with Gasteiger partial charge in [-0.05, 0) is 49.9 Å². The van der Waals surface area contributed by atoms with Crippen molar-refractivity contribution in [1.29, 1.82) is 0 Å². The fourth-order valence-corrected chi connectivity index (χ4v) is 2.74. The van der Waals surface area contributed by atoms with E-state index in [0.717, 1.165) is 37.4 Å². The molecule has 0 aliphatic heterocycles. The average Bonchev–Trinajstić information content (AvgIpc) is 2.47. The number of rotatable bonds is 2. The number of anilines is 1. The molecule has 0 saturated heterocycles. The van der Waals surface area contributed by atoms with Gasteiger partial charge in [0.05, 0.1) is 5.52 Å². The summed E-state index contributed by atoms with van der Waals surface area (Å²) in [5.41, 5.74) is 0.721. The lowest BCUT2D eigenvalue weighted by atomic mass is 10.0.